The molecule has 1 aromatic carbocycles. The Balaban J connectivity index is 2.48. The Bertz CT molecular complexity index is 493. The third-order valence-electron chi connectivity index (χ3n) is 3.19. The highest BCUT2D eigenvalue weighted by Crippen LogP contribution is 2.35. The van der Waals surface area contributed by atoms with Crippen LogP contribution in [-0.4, -0.2) is 33.2 Å². The number of amides is 1. The summed E-state index contributed by atoms with van der Waals surface area (Å²) in [5.74, 6) is 1.80. The molecule has 0 saturated heterocycles. The minimum atomic E-state index is 0.0352. The van der Waals surface area contributed by atoms with Crippen LogP contribution in [-0.2, 0) is 4.79 Å². The molecule has 0 aliphatic heterocycles. The molecule has 5 nitrogen and oxygen atoms in total. The first kappa shape index (κ1) is 18.4. The summed E-state index contributed by atoms with van der Waals surface area (Å²) in [6, 6.07) is 3.45. The second-order valence-corrected chi connectivity index (χ2v) is 5.80. The molecule has 124 valence electrons. The van der Waals surface area contributed by atoms with Crippen molar-refractivity contribution in [1.29, 1.82) is 0 Å². The number of anilines is 1. The first-order valence-corrected chi connectivity index (χ1v) is 7.77. The zero-order valence-electron chi connectivity index (χ0n) is 13.7. The minimum Gasteiger partial charge on any atom is -0.495 e. The molecule has 0 saturated carbocycles. The fraction of sp³-hybridized carbons (Fsp3) is 0.562. The fourth-order valence-electron chi connectivity index (χ4n) is 1.90. The average Bonchev–Trinajstić information content (AvgIpc) is 2.47. The molecular weight excluding hydrogens is 304 g/mol. The number of halogens is 1. The Kier molecular flexibility index (Phi) is 7.88. The van der Waals surface area contributed by atoms with Gasteiger partial charge in [0.15, 0.2) is 0 Å². The highest BCUT2D eigenvalue weighted by atomic mass is 35.5. The Labute approximate surface area is 137 Å². The molecule has 1 amide bonds. The van der Waals surface area contributed by atoms with Crippen LogP contribution in [0.25, 0.3) is 0 Å². The normalized spacial score (nSPS) is 10.5. The number of carbonyl (C=O) groups excluding carboxylic acids is 1. The molecular formula is C16H25ClN2O3. The first-order valence-electron chi connectivity index (χ1n) is 7.40. The van der Waals surface area contributed by atoms with Crippen molar-refractivity contribution in [1.82, 2.24) is 5.32 Å². The summed E-state index contributed by atoms with van der Waals surface area (Å²) in [4.78, 5) is 11.7. The number of rotatable bonds is 9. The van der Waals surface area contributed by atoms with E-state index >= 15 is 0 Å². The summed E-state index contributed by atoms with van der Waals surface area (Å²) < 4.78 is 10.5. The summed E-state index contributed by atoms with van der Waals surface area (Å²) >= 11 is 6.05. The van der Waals surface area contributed by atoms with Gasteiger partial charge in [-0.25, -0.2) is 0 Å². The molecule has 0 heterocycles. The predicted octanol–water partition coefficient (Wildman–Crippen LogP) is 3.32. The van der Waals surface area contributed by atoms with Gasteiger partial charge in [0, 0.05) is 31.6 Å². The molecule has 0 radical (unpaired) electrons. The van der Waals surface area contributed by atoms with E-state index in [4.69, 9.17) is 21.1 Å². The number of hydrogen-bond donors (Lipinski definition) is 2. The van der Waals surface area contributed by atoms with Gasteiger partial charge >= 0.3 is 0 Å². The zero-order chi connectivity index (χ0) is 16.5. The van der Waals surface area contributed by atoms with Gasteiger partial charge in [0.05, 0.1) is 24.9 Å². The van der Waals surface area contributed by atoms with Crippen LogP contribution in [0.4, 0.5) is 5.69 Å². The van der Waals surface area contributed by atoms with Crippen LogP contribution in [0.2, 0.25) is 5.02 Å². The predicted molar refractivity (Wildman–Crippen MR) is 90.1 cm³/mol. The molecule has 0 aliphatic rings. The summed E-state index contributed by atoms with van der Waals surface area (Å²) in [6.07, 6.45) is 1.38. The number of methoxy groups -OCH3 is 2. The van der Waals surface area contributed by atoms with Crippen molar-refractivity contribution >= 4 is 23.2 Å². The fourth-order valence-corrected chi connectivity index (χ4v) is 2.13. The standard InChI is InChI=1S/C16H25ClN2O3/c1-11(2)5-7-19-16(20)6-8-18-13-10-14(21-3)12(17)9-15(13)22-4/h9-11,18H,5-8H2,1-4H3,(H,19,20). The summed E-state index contributed by atoms with van der Waals surface area (Å²) in [6.45, 7) is 5.49. The molecule has 0 unspecified atom stereocenters. The Morgan fingerprint density at radius 3 is 2.45 bits per heavy atom. The Morgan fingerprint density at radius 1 is 1.18 bits per heavy atom. The average molecular weight is 329 g/mol. The lowest BCUT2D eigenvalue weighted by Crippen LogP contribution is -2.27. The minimum absolute atomic E-state index is 0.0352. The summed E-state index contributed by atoms with van der Waals surface area (Å²) in [5, 5.41) is 6.56. The molecule has 0 aromatic heterocycles. The van der Waals surface area contributed by atoms with Crippen LogP contribution in [0, 0.1) is 5.92 Å². The molecule has 2 N–H and O–H groups in total. The molecule has 0 atom stereocenters. The number of hydrogen-bond acceptors (Lipinski definition) is 4. The maximum absolute atomic E-state index is 11.7. The monoisotopic (exact) mass is 328 g/mol. The Hall–Kier alpha value is -1.62. The van der Waals surface area contributed by atoms with Gasteiger partial charge in [-0.1, -0.05) is 25.4 Å². The van der Waals surface area contributed by atoms with Gasteiger partial charge in [0.1, 0.15) is 11.5 Å². The van der Waals surface area contributed by atoms with E-state index in [2.05, 4.69) is 24.5 Å². The van der Waals surface area contributed by atoms with Gasteiger partial charge in [0.25, 0.3) is 0 Å². The molecule has 1 aromatic rings. The van der Waals surface area contributed by atoms with Crippen LogP contribution < -0.4 is 20.1 Å². The van der Waals surface area contributed by atoms with Crippen LogP contribution in [0.5, 0.6) is 11.5 Å². The maximum atomic E-state index is 11.7. The second kappa shape index (κ2) is 9.41. The van der Waals surface area contributed by atoms with Gasteiger partial charge in [0.2, 0.25) is 5.91 Å². The topological polar surface area (TPSA) is 59.6 Å². The van der Waals surface area contributed by atoms with Crippen molar-refractivity contribution in [3.8, 4) is 11.5 Å². The molecule has 22 heavy (non-hydrogen) atoms. The second-order valence-electron chi connectivity index (χ2n) is 5.40. The van der Waals surface area contributed by atoms with Crippen LogP contribution in [0.15, 0.2) is 12.1 Å². The van der Waals surface area contributed by atoms with E-state index in [-0.39, 0.29) is 5.91 Å². The number of ether oxygens (including phenoxy) is 2. The molecule has 1 rings (SSSR count). The van der Waals surface area contributed by atoms with Gasteiger partial charge < -0.3 is 20.1 Å². The van der Waals surface area contributed by atoms with E-state index < -0.39 is 0 Å². The zero-order valence-corrected chi connectivity index (χ0v) is 14.4. The van der Waals surface area contributed by atoms with Crippen molar-refractivity contribution in [3.05, 3.63) is 17.2 Å². The van der Waals surface area contributed by atoms with E-state index in [1.54, 1.807) is 26.4 Å². The van der Waals surface area contributed by atoms with E-state index in [0.717, 1.165) is 12.1 Å². The summed E-state index contributed by atoms with van der Waals surface area (Å²) in [5.41, 5.74) is 0.749. The molecule has 0 aliphatic carbocycles. The van der Waals surface area contributed by atoms with Crippen LogP contribution in [0.1, 0.15) is 26.7 Å². The van der Waals surface area contributed by atoms with Crippen molar-refractivity contribution in [2.45, 2.75) is 26.7 Å². The van der Waals surface area contributed by atoms with Crippen molar-refractivity contribution in [3.63, 3.8) is 0 Å². The van der Waals surface area contributed by atoms with Gasteiger partial charge in [-0.15, -0.1) is 0 Å². The quantitative estimate of drug-likeness (QED) is 0.730. The summed E-state index contributed by atoms with van der Waals surface area (Å²) in [7, 11) is 3.13. The van der Waals surface area contributed by atoms with Gasteiger partial charge in [-0.05, 0) is 12.3 Å². The van der Waals surface area contributed by atoms with E-state index in [9.17, 15) is 4.79 Å². The highest BCUT2D eigenvalue weighted by Gasteiger charge is 2.10. The van der Waals surface area contributed by atoms with Crippen molar-refractivity contribution < 1.29 is 14.3 Å². The lowest BCUT2D eigenvalue weighted by Gasteiger charge is -2.14. The first-order chi connectivity index (χ1) is 10.5. The van der Waals surface area contributed by atoms with E-state index in [1.807, 2.05) is 0 Å². The van der Waals surface area contributed by atoms with Crippen molar-refractivity contribution in [2.75, 3.05) is 32.6 Å². The third kappa shape index (κ3) is 6.02. The van der Waals surface area contributed by atoms with Crippen molar-refractivity contribution in [2.24, 2.45) is 5.92 Å². The maximum Gasteiger partial charge on any atom is 0.221 e. The van der Waals surface area contributed by atoms with Crippen LogP contribution >= 0.6 is 11.6 Å². The number of benzene rings is 1. The van der Waals surface area contributed by atoms with E-state index in [1.165, 1.54) is 0 Å². The molecule has 6 heteroatoms. The third-order valence-corrected chi connectivity index (χ3v) is 3.48. The smallest absolute Gasteiger partial charge is 0.221 e. The highest BCUT2D eigenvalue weighted by molar-refractivity contribution is 6.32. The van der Waals surface area contributed by atoms with Gasteiger partial charge in [-0.3, -0.25) is 4.79 Å². The van der Waals surface area contributed by atoms with Crippen LogP contribution in [0.3, 0.4) is 0 Å². The largest absolute Gasteiger partial charge is 0.495 e. The lowest BCUT2D eigenvalue weighted by atomic mass is 10.1. The SMILES string of the molecule is COc1cc(NCCC(=O)NCCC(C)C)c(OC)cc1Cl. The molecule has 0 spiro atoms. The van der Waals surface area contributed by atoms with Gasteiger partial charge in [-0.2, -0.15) is 0 Å². The number of nitrogens with one attached hydrogen (secondary N) is 2. The Morgan fingerprint density at radius 2 is 1.86 bits per heavy atom. The van der Waals surface area contributed by atoms with E-state index in [0.29, 0.717) is 41.9 Å². The lowest BCUT2D eigenvalue weighted by molar-refractivity contribution is -0.120. The number of carbonyl (C=O) groups is 1. The molecule has 0 bridgehead atoms. The molecule has 0 fully saturated rings.